The number of benzene rings is 2. The first-order chi connectivity index (χ1) is 13.1. The molecule has 1 aliphatic carbocycles. The highest BCUT2D eigenvalue weighted by atomic mass is 16.5. The fourth-order valence-electron chi connectivity index (χ4n) is 3.94. The van der Waals surface area contributed by atoms with E-state index in [0.29, 0.717) is 11.3 Å². The maximum atomic E-state index is 13.3. The first-order valence-corrected chi connectivity index (χ1v) is 9.11. The van der Waals surface area contributed by atoms with E-state index in [0.717, 1.165) is 42.4 Å². The predicted octanol–water partition coefficient (Wildman–Crippen LogP) is 4.25. The molecule has 1 fully saturated rings. The van der Waals surface area contributed by atoms with Gasteiger partial charge in [0.15, 0.2) is 0 Å². The van der Waals surface area contributed by atoms with Crippen LogP contribution in [0.25, 0.3) is 11.0 Å². The number of rotatable bonds is 4. The van der Waals surface area contributed by atoms with Gasteiger partial charge in [-0.3, -0.25) is 4.79 Å². The Hall–Kier alpha value is -3.08. The molecule has 1 heterocycles. The predicted molar refractivity (Wildman–Crippen MR) is 104 cm³/mol. The molecule has 138 valence electrons. The van der Waals surface area contributed by atoms with E-state index >= 15 is 0 Å². The van der Waals surface area contributed by atoms with Crippen LogP contribution in [0.2, 0.25) is 0 Å². The summed E-state index contributed by atoms with van der Waals surface area (Å²) in [6, 6.07) is 16.2. The molecule has 4 rings (SSSR count). The van der Waals surface area contributed by atoms with E-state index in [1.165, 1.54) is 6.07 Å². The summed E-state index contributed by atoms with van der Waals surface area (Å²) in [6.07, 6.45) is 3.71. The molecule has 0 radical (unpaired) electrons. The number of hydrogen-bond donors (Lipinski definition) is 1. The molecule has 0 unspecified atom stereocenters. The second-order valence-corrected chi connectivity index (χ2v) is 6.98. The number of carbonyl (C=O) groups is 1. The Bertz CT molecular complexity index is 1030. The van der Waals surface area contributed by atoms with Gasteiger partial charge in [-0.15, -0.1) is 0 Å². The van der Waals surface area contributed by atoms with Crippen molar-refractivity contribution in [3.05, 3.63) is 70.6 Å². The van der Waals surface area contributed by atoms with E-state index in [1.807, 2.05) is 30.3 Å². The topological polar surface area (TPSA) is 68.5 Å². The Balaban J connectivity index is 1.64. The van der Waals surface area contributed by atoms with E-state index in [9.17, 15) is 9.59 Å². The van der Waals surface area contributed by atoms with Crippen LogP contribution < -0.4 is 15.7 Å². The van der Waals surface area contributed by atoms with Gasteiger partial charge < -0.3 is 14.5 Å². The zero-order valence-electron chi connectivity index (χ0n) is 15.2. The van der Waals surface area contributed by atoms with Crippen LogP contribution in [0.4, 0.5) is 5.69 Å². The van der Waals surface area contributed by atoms with Crippen LogP contribution in [0.15, 0.2) is 63.8 Å². The second kappa shape index (κ2) is 6.91. The summed E-state index contributed by atoms with van der Waals surface area (Å²) in [6.45, 7) is 0. The average Bonchev–Trinajstić information content (AvgIpc) is 3.19. The SMILES string of the molecule is COc1ccc(C2(C(=O)Nc3ccc4oc(=O)ccc4c3)CCCC2)cc1. The average molecular weight is 363 g/mol. The van der Waals surface area contributed by atoms with Gasteiger partial charge in [0.2, 0.25) is 5.91 Å². The molecule has 1 aromatic heterocycles. The fourth-order valence-corrected chi connectivity index (χ4v) is 3.94. The van der Waals surface area contributed by atoms with E-state index in [2.05, 4.69) is 5.32 Å². The number of nitrogens with one attached hydrogen (secondary N) is 1. The molecular formula is C22H21NO4. The zero-order valence-corrected chi connectivity index (χ0v) is 15.2. The lowest BCUT2D eigenvalue weighted by molar-refractivity contribution is -0.121. The number of hydrogen-bond acceptors (Lipinski definition) is 4. The highest BCUT2D eigenvalue weighted by Gasteiger charge is 2.42. The molecule has 2 aromatic carbocycles. The molecule has 5 nitrogen and oxygen atoms in total. The van der Waals surface area contributed by atoms with Gasteiger partial charge in [0.1, 0.15) is 11.3 Å². The summed E-state index contributed by atoms with van der Waals surface area (Å²) >= 11 is 0. The first-order valence-electron chi connectivity index (χ1n) is 9.11. The lowest BCUT2D eigenvalue weighted by Gasteiger charge is -2.28. The van der Waals surface area contributed by atoms with Crippen molar-refractivity contribution in [2.75, 3.05) is 12.4 Å². The van der Waals surface area contributed by atoms with Gasteiger partial charge in [-0.05, 0) is 54.8 Å². The van der Waals surface area contributed by atoms with Crippen molar-refractivity contribution in [1.29, 1.82) is 0 Å². The summed E-state index contributed by atoms with van der Waals surface area (Å²) < 4.78 is 10.4. The third kappa shape index (κ3) is 3.21. The van der Waals surface area contributed by atoms with Crippen molar-refractivity contribution >= 4 is 22.6 Å². The second-order valence-electron chi connectivity index (χ2n) is 6.98. The highest BCUT2D eigenvalue weighted by molar-refractivity contribution is 6.00. The van der Waals surface area contributed by atoms with E-state index < -0.39 is 5.41 Å². The van der Waals surface area contributed by atoms with Crippen molar-refractivity contribution in [3.63, 3.8) is 0 Å². The largest absolute Gasteiger partial charge is 0.497 e. The lowest BCUT2D eigenvalue weighted by atomic mass is 9.78. The quantitative estimate of drug-likeness (QED) is 0.704. The Morgan fingerprint density at radius 3 is 2.48 bits per heavy atom. The van der Waals surface area contributed by atoms with Gasteiger partial charge in [0.05, 0.1) is 12.5 Å². The molecule has 0 aliphatic heterocycles. The summed E-state index contributed by atoms with van der Waals surface area (Å²) in [4.78, 5) is 24.6. The molecule has 1 amide bonds. The van der Waals surface area contributed by atoms with E-state index in [-0.39, 0.29) is 11.5 Å². The zero-order chi connectivity index (χ0) is 18.9. The van der Waals surface area contributed by atoms with Crippen LogP contribution in [0, 0.1) is 0 Å². The summed E-state index contributed by atoms with van der Waals surface area (Å²) in [5.74, 6) is 0.783. The normalized spacial score (nSPS) is 15.6. The Morgan fingerprint density at radius 1 is 1.04 bits per heavy atom. The summed E-state index contributed by atoms with van der Waals surface area (Å²) in [5, 5.41) is 3.84. The van der Waals surface area contributed by atoms with Gasteiger partial charge in [-0.2, -0.15) is 0 Å². The molecule has 5 heteroatoms. The number of ether oxygens (including phenoxy) is 1. The van der Waals surface area contributed by atoms with Gasteiger partial charge in [-0.25, -0.2) is 4.79 Å². The van der Waals surface area contributed by atoms with Crippen LogP contribution >= 0.6 is 0 Å². The minimum absolute atomic E-state index is 0.00176. The van der Waals surface area contributed by atoms with Gasteiger partial charge in [0.25, 0.3) is 0 Å². The molecule has 1 N–H and O–H groups in total. The van der Waals surface area contributed by atoms with Crippen molar-refractivity contribution in [1.82, 2.24) is 0 Å². The molecule has 3 aromatic rings. The molecule has 1 saturated carbocycles. The lowest BCUT2D eigenvalue weighted by Crippen LogP contribution is -2.37. The molecule has 0 bridgehead atoms. The standard InChI is InChI=1S/C22H21NO4/c1-26-18-8-5-16(6-9-18)22(12-2-3-13-22)21(25)23-17-7-10-19-15(14-17)4-11-20(24)27-19/h4-11,14H,2-3,12-13H2,1H3,(H,23,25). The molecule has 27 heavy (non-hydrogen) atoms. The number of amides is 1. The number of fused-ring (bicyclic) bond motifs is 1. The maximum Gasteiger partial charge on any atom is 0.336 e. The first kappa shape index (κ1) is 17.3. The summed E-state index contributed by atoms with van der Waals surface area (Å²) in [7, 11) is 1.63. The molecular weight excluding hydrogens is 342 g/mol. The van der Waals surface area contributed by atoms with Crippen molar-refractivity contribution in [2.24, 2.45) is 0 Å². The van der Waals surface area contributed by atoms with Gasteiger partial charge in [-0.1, -0.05) is 25.0 Å². The third-order valence-electron chi connectivity index (χ3n) is 5.41. The number of methoxy groups -OCH3 is 1. The van der Waals surface area contributed by atoms with E-state index in [4.69, 9.17) is 9.15 Å². The molecule has 1 aliphatic rings. The van der Waals surface area contributed by atoms with E-state index in [1.54, 1.807) is 25.3 Å². The van der Waals surface area contributed by atoms with Crippen molar-refractivity contribution in [3.8, 4) is 5.75 Å². The van der Waals surface area contributed by atoms with Gasteiger partial charge in [0, 0.05) is 17.1 Å². The van der Waals surface area contributed by atoms with Crippen LogP contribution in [-0.4, -0.2) is 13.0 Å². The maximum absolute atomic E-state index is 13.3. The minimum Gasteiger partial charge on any atom is -0.497 e. The van der Waals surface area contributed by atoms with Crippen LogP contribution in [0.1, 0.15) is 31.2 Å². The van der Waals surface area contributed by atoms with Crippen LogP contribution in [0.3, 0.4) is 0 Å². The van der Waals surface area contributed by atoms with Gasteiger partial charge >= 0.3 is 5.63 Å². The smallest absolute Gasteiger partial charge is 0.336 e. The van der Waals surface area contributed by atoms with Crippen molar-refractivity contribution in [2.45, 2.75) is 31.1 Å². The monoisotopic (exact) mass is 363 g/mol. The fraction of sp³-hybridized carbons (Fsp3) is 0.273. The summed E-state index contributed by atoms with van der Waals surface area (Å²) in [5.41, 5.74) is 1.31. The molecule has 0 atom stereocenters. The third-order valence-corrected chi connectivity index (χ3v) is 5.41. The molecule has 0 saturated heterocycles. The Morgan fingerprint density at radius 2 is 1.78 bits per heavy atom. The van der Waals surface area contributed by atoms with Crippen LogP contribution in [0.5, 0.6) is 5.75 Å². The van der Waals surface area contributed by atoms with Crippen LogP contribution in [-0.2, 0) is 10.2 Å². The molecule has 0 spiro atoms. The minimum atomic E-state index is -0.523. The Labute approximate surface area is 157 Å². The number of carbonyl (C=O) groups excluding carboxylic acids is 1. The number of anilines is 1. The Kier molecular flexibility index (Phi) is 4.44. The highest BCUT2D eigenvalue weighted by Crippen LogP contribution is 2.42. The van der Waals surface area contributed by atoms with Crippen molar-refractivity contribution < 1.29 is 13.9 Å².